The van der Waals surface area contributed by atoms with Crippen LogP contribution in [0.1, 0.15) is 25.7 Å². The number of hydrogen-bond acceptors (Lipinski definition) is 7. The van der Waals surface area contributed by atoms with Crippen molar-refractivity contribution in [3.05, 3.63) is 24.0 Å². The van der Waals surface area contributed by atoms with Gasteiger partial charge >= 0.3 is 0 Å². The molecule has 1 atom stereocenters. The molecule has 118 valence electrons. The lowest BCUT2D eigenvalue weighted by molar-refractivity contribution is 0.190. The lowest BCUT2D eigenvalue weighted by Gasteiger charge is -2.30. The molecule has 1 fully saturated rings. The second kappa shape index (κ2) is 6.41. The van der Waals surface area contributed by atoms with Crippen LogP contribution in [0.2, 0.25) is 0 Å². The molecule has 1 unspecified atom stereocenters. The molecule has 22 heavy (non-hydrogen) atoms. The Balaban J connectivity index is 1.81. The zero-order valence-electron chi connectivity index (χ0n) is 13.1. The van der Waals surface area contributed by atoms with Gasteiger partial charge in [0.15, 0.2) is 5.82 Å². The van der Waals surface area contributed by atoms with Crippen molar-refractivity contribution in [2.24, 2.45) is 0 Å². The normalized spacial score (nSPS) is 19.5. The van der Waals surface area contributed by atoms with Gasteiger partial charge in [0.1, 0.15) is 5.69 Å². The molecule has 0 spiro atoms. The maximum Gasteiger partial charge on any atom is 0.276 e. The number of rotatable bonds is 4. The van der Waals surface area contributed by atoms with Gasteiger partial charge < -0.3 is 14.6 Å². The van der Waals surface area contributed by atoms with E-state index in [4.69, 9.17) is 9.26 Å². The molecule has 3 heterocycles. The molecule has 1 N–H and O–H groups in total. The molecule has 1 aliphatic rings. The average molecular weight is 303 g/mol. The van der Waals surface area contributed by atoms with Crippen LogP contribution in [0.15, 0.2) is 22.7 Å². The highest BCUT2D eigenvalue weighted by Gasteiger charge is 2.25. The van der Waals surface area contributed by atoms with Gasteiger partial charge in [-0.05, 0) is 27.0 Å². The van der Waals surface area contributed by atoms with Crippen LogP contribution in [0, 0.1) is 0 Å². The van der Waals surface area contributed by atoms with Crippen LogP contribution in [-0.4, -0.2) is 52.8 Å². The van der Waals surface area contributed by atoms with Gasteiger partial charge in [-0.25, -0.2) is 4.98 Å². The Labute approximate surface area is 129 Å². The Morgan fingerprint density at radius 1 is 1.36 bits per heavy atom. The summed E-state index contributed by atoms with van der Waals surface area (Å²) < 4.78 is 11.0. The van der Waals surface area contributed by atoms with E-state index in [1.54, 1.807) is 0 Å². The molecule has 0 aromatic carbocycles. The van der Waals surface area contributed by atoms with E-state index >= 15 is 0 Å². The molecule has 0 radical (unpaired) electrons. The predicted molar refractivity (Wildman–Crippen MR) is 81.5 cm³/mol. The summed E-state index contributed by atoms with van der Waals surface area (Å²) in [6.45, 7) is 6.69. The third kappa shape index (κ3) is 3.26. The third-order valence-electron chi connectivity index (χ3n) is 3.55. The number of hydrogen-bond donors (Lipinski definition) is 1. The first-order valence-electron chi connectivity index (χ1n) is 7.52. The molecular formula is C15H21N5O2. The molecule has 3 rings (SSSR count). The first-order valence-corrected chi connectivity index (χ1v) is 7.52. The average Bonchev–Trinajstić information content (AvgIpc) is 2.97. The second-order valence-corrected chi connectivity index (χ2v) is 5.69. The Kier molecular flexibility index (Phi) is 4.35. The van der Waals surface area contributed by atoms with E-state index in [2.05, 4.69) is 32.4 Å². The maximum absolute atomic E-state index is 5.60. The van der Waals surface area contributed by atoms with E-state index in [1.165, 1.54) is 0 Å². The quantitative estimate of drug-likeness (QED) is 0.917. The summed E-state index contributed by atoms with van der Waals surface area (Å²) in [5.74, 6) is 1.66. The largest absolute Gasteiger partial charge is 0.475 e. The number of aromatic nitrogens is 3. The SMILES string of the molecule is CC(C)Oc1cccc(-c2nc(C3CNCCN3C)no2)n1. The molecule has 0 saturated carbocycles. The monoisotopic (exact) mass is 303 g/mol. The van der Waals surface area contributed by atoms with Crippen LogP contribution in [0.5, 0.6) is 5.88 Å². The molecule has 2 aromatic rings. The highest BCUT2D eigenvalue weighted by Crippen LogP contribution is 2.23. The Bertz CT molecular complexity index is 628. The Morgan fingerprint density at radius 2 is 2.23 bits per heavy atom. The fourth-order valence-electron chi connectivity index (χ4n) is 2.41. The van der Waals surface area contributed by atoms with Crippen molar-refractivity contribution >= 4 is 0 Å². The number of pyridine rings is 1. The topological polar surface area (TPSA) is 76.3 Å². The van der Waals surface area contributed by atoms with Gasteiger partial charge in [0.25, 0.3) is 5.89 Å². The van der Waals surface area contributed by atoms with E-state index in [9.17, 15) is 0 Å². The van der Waals surface area contributed by atoms with Gasteiger partial charge in [0.2, 0.25) is 5.88 Å². The molecule has 7 heteroatoms. The van der Waals surface area contributed by atoms with E-state index in [0.29, 0.717) is 23.3 Å². The highest BCUT2D eigenvalue weighted by molar-refractivity contribution is 5.47. The number of ether oxygens (including phenoxy) is 1. The Hall–Kier alpha value is -1.99. The predicted octanol–water partition coefficient (Wildman–Crippen LogP) is 1.49. The van der Waals surface area contributed by atoms with Crippen molar-refractivity contribution in [3.8, 4) is 17.5 Å². The zero-order chi connectivity index (χ0) is 15.5. The fraction of sp³-hybridized carbons (Fsp3) is 0.533. The molecule has 0 bridgehead atoms. The first-order chi connectivity index (χ1) is 10.6. The molecule has 1 aliphatic heterocycles. The van der Waals surface area contributed by atoms with Gasteiger partial charge in [0.05, 0.1) is 12.1 Å². The number of piperazine rings is 1. The lowest BCUT2D eigenvalue weighted by Crippen LogP contribution is -2.44. The number of likely N-dealkylation sites (N-methyl/N-ethyl adjacent to an activating group) is 1. The minimum Gasteiger partial charge on any atom is -0.475 e. The summed E-state index contributed by atoms with van der Waals surface area (Å²) >= 11 is 0. The lowest BCUT2D eigenvalue weighted by atomic mass is 10.2. The summed E-state index contributed by atoms with van der Waals surface area (Å²) in [7, 11) is 2.07. The van der Waals surface area contributed by atoms with Gasteiger partial charge in [-0.1, -0.05) is 11.2 Å². The van der Waals surface area contributed by atoms with Crippen molar-refractivity contribution in [3.63, 3.8) is 0 Å². The summed E-state index contributed by atoms with van der Waals surface area (Å²) in [5.41, 5.74) is 0.628. The van der Waals surface area contributed by atoms with E-state index in [1.807, 2.05) is 32.0 Å². The van der Waals surface area contributed by atoms with Crippen molar-refractivity contribution in [2.45, 2.75) is 26.0 Å². The minimum atomic E-state index is 0.0722. The van der Waals surface area contributed by atoms with Gasteiger partial charge in [0, 0.05) is 25.7 Å². The zero-order valence-corrected chi connectivity index (χ0v) is 13.1. The van der Waals surface area contributed by atoms with Crippen LogP contribution in [-0.2, 0) is 0 Å². The molecule has 7 nitrogen and oxygen atoms in total. The first kappa shape index (κ1) is 14.9. The van der Waals surface area contributed by atoms with Crippen molar-refractivity contribution in [2.75, 3.05) is 26.7 Å². The van der Waals surface area contributed by atoms with Crippen LogP contribution in [0.25, 0.3) is 11.6 Å². The van der Waals surface area contributed by atoms with E-state index in [-0.39, 0.29) is 12.1 Å². The van der Waals surface area contributed by atoms with Crippen molar-refractivity contribution in [1.82, 2.24) is 25.3 Å². The fourth-order valence-corrected chi connectivity index (χ4v) is 2.41. The second-order valence-electron chi connectivity index (χ2n) is 5.69. The van der Waals surface area contributed by atoms with Crippen LogP contribution >= 0.6 is 0 Å². The van der Waals surface area contributed by atoms with E-state index in [0.717, 1.165) is 19.6 Å². The van der Waals surface area contributed by atoms with Gasteiger partial charge in [-0.15, -0.1) is 0 Å². The molecule has 1 saturated heterocycles. The molecule has 0 amide bonds. The van der Waals surface area contributed by atoms with Crippen molar-refractivity contribution < 1.29 is 9.26 Å². The summed E-state index contributed by atoms with van der Waals surface area (Å²) in [6, 6.07) is 5.66. The Morgan fingerprint density at radius 3 is 3.00 bits per heavy atom. The minimum absolute atomic E-state index is 0.0722. The molecule has 2 aromatic heterocycles. The number of nitrogens with one attached hydrogen (secondary N) is 1. The smallest absolute Gasteiger partial charge is 0.276 e. The maximum atomic E-state index is 5.60. The third-order valence-corrected chi connectivity index (χ3v) is 3.55. The van der Waals surface area contributed by atoms with Crippen LogP contribution in [0.3, 0.4) is 0 Å². The van der Waals surface area contributed by atoms with Crippen LogP contribution < -0.4 is 10.1 Å². The molecular weight excluding hydrogens is 282 g/mol. The van der Waals surface area contributed by atoms with Crippen molar-refractivity contribution in [1.29, 1.82) is 0 Å². The highest BCUT2D eigenvalue weighted by atomic mass is 16.5. The summed E-state index contributed by atoms with van der Waals surface area (Å²) in [5, 5.41) is 7.45. The standard InChI is InChI=1S/C15H21N5O2/c1-10(2)21-13-6-4-5-11(17-13)15-18-14(19-22-15)12-9-16-7-8-20(12)3/h4-6,10,12,16H,7-9H2,1-3H3. The number of nitrogens with zero attached hydrogens (tertiary/aromatic N) is 4. The van der Waals surface area contributed by atoms with Gasteiger partial charge in [-0.2, -0.15) is 4.98 Å². The summed E-state index contributed by atoms with van der Waals surface area (Å²) in [6.07, 6.45) is 0.0722. The molecule has 0 aliphatic carbocycles. The van der Waals surface area contributed by atoms with E-state index < -0.39 is 0 Å². The van der Waals surface area contributed by atoms with Gasteiger partial charge in [-0.3, -0.25) is 4.90 Å². The summed E-state index contributed by atoms with van der Waals surface area (Å²) in [4.78, 5) is 11.1. The van der Waals surface area contributed by atoms with Crippen LogP contribution in [0.4, 0.5) is 0 Å².